The van der Waals surface area contributed by atoms with E-state index in [0.29, 0.717) is 0 Å². The van der Waals surface area contributed by atoms with E-state index in [0.717, 1.165) is 62.3 Å². The van der Waals surface area contributed by atoms with Gasteiger partial charge in [0.1, 0.15) is 11.6 Å². The van der Waals surface area contributed by atoms with E-state index in [2.05, 4.69) is 130 Å². The van der Waals surface area contributed by atoms with Crippen LogP contribution in [0.1, 0.15) is 35.1 Å². The first-order chi connectivity index (χ1) is 26.8. The molecule has 0 bridgehead atoms. The molecule has 0 aliphatic carbocycles. The Labute approximate surface area is 321 Å². The van der Waals surface area contributed by atoms with Crippen molar-refractivity contribution in [3.05, 3.63) is 204 Å². The molecule has 0 saturated heterocycles. The van der Waals surface area contributed by atoms with Gasteiger partial charge in [-0.25, -0.2) is 8.78 Å². The highest BCUT2D eigenvalue weighted by Gasteiger charge is 2.16. The molecular weight excluding hydrogens is 679 g/mol. The van der Waals surface area contributed by atoms with Crippen molar-refractivity contribution < 1.29 is 8.78 Å². The molecule has 8 rings (SSSR count). The maximum Gasteiger partial charge on any atom is 0.123 e. The van der Waals surface area contributed by atoms with E-state index in [4.69, 9.17) is 9.97 Å². The van der Waals surface area contributed by atoms with Crippen LogP contribution in [-0.2, 0) is 6.42 Å². The molecule has 1 atom stereocenters. The molecule has 6 aromatic carbocycles. The quantitative estimate of drug-likeness (QED) is 0.148. The molecule has 2 aromatic heterocycles. The lowest BCUT2D eigenvalue weighted by atomic mass is 9.85. The van der Waals surface area contributed by atoms with E-state index >= 15 is 0 Å². The standard InChI is InChI=1S/C51H40F2N2/c1-33(45-9-6-7-11-47(45)37-14-18-41(19-15-37)51-30-35(3)49(32-55-51)39-22-26-44(53)27-23-39)28-42-8-4-5-10-46(42)36-12-16-40(17-13-36)50-29-34(2)48(31-54-50)38-20-24-43(52)25-21-38/h4-27,29-33H,28H2,1-3H3. The summed E-state index contributed by atoms with van der Waals surface area (Å²) in [5, 5.41) is 0. The number of aryl methyl sites for hydroxylation is 2. The lowest BCUT2D eigenvalue weighted by Crippen LogP contribution is -2.02. The third-order valence-electron chi connectivity index (χ3n) is 10.6. The normalized spacial score (nSPS) is 11.7. The second kappa shape index (κ2) is 15.5. The SMILES string of the molecule is Cc1cc(-c2ccc(-c3ccccc3CC(C)c3ccccc3-c3ccc(-c4cc(C)c(-c5ccc(F)cc5)cn4)cc3)cc2)ncc1-c1ccc(F)cc1. The van der Waals surface area contributed by atoms with Crippen molar-refractivity contribution in [3.8, 4) is 67.0 Å². The van der Waals surface area contributed by atoms with Crippen LogP contribution in [0.4, 0.5) is 8.78 Å². The van der Waals surface area contributed by atoms with Crippen molar-refractivity contribution in [3.63, 3.8) is 0 Å². The Kier molecular flexibility index (Phi) is 9.97. The summed E-state index contributed by atoms with van der Waals surface area (Å²) in [5.74, 6) is -0.218. The van der Waals surface area contributed by atoms with Crippen LogP contribution in [0.5, 0.6) is 0 Å². The van der Waals surface area contributed by atoms with Gasteiger partial charge in [-0.3, -0.25) is 9.97 Å². The Morgan fingerprint density at radius 1 is 0.436 bits per heavy atom. The molecule has 0 aliphatic rings. The van der Waals surface area contributed by atoms with Crippen LogP contribution < -0.4 is 0 Å². The van der Waals surface area contributed by atoms with Gasteiger partial charge in [-0.1, -0.05) is 128 Å². The zero-order valence-corrected chi connectivity index (χ0v) is 31.1. The summed E-state index contributed by atoms with van der Waals surface area (Å²) < 4.78 is 27.0. The highest BCUT2D eigenvalue weighted by Crippen LogP contribution is 2.36. The van der Waals surface area contributed by atoms with Gasteiger partial charge < -0.3 is 0 Å². The first kappa shape index (κ1) is 35.5. The third-order valence-corrected chi connectivity index (χ3v) is 10.6. The topological polar surface area (TPSA) is 25.8 Å². The number of rotatable bonds is 9. The molecular formula is C51H40F2N2. The fourth-order valence-corrected chi connectivity index (χ4v) is 7.54. The molecule has 4 heteroatoms. The van der Waals surface area contributed by atoms with Gasteiger partial charge in [-0.2, -0.15) is 0 Å². The van der Waals surface area contributed by atoms with E-state index < -0.39 is 0 Å². The molecule has 0 spiro atoms. The van der Waals surface area contributed by atoms with Gasteiger partial charge in [0.2, 0.25) is 0 Å². The molecule has 0 aliphatic heterocycles. The van der Waals surface area contributed by atoms with Crippen LogP contribution in [0.15, 0.2) is 170 Å². The van der Waals surface area contributed by atoms with Crippen molar-refractivity contribution in [2.24, 2.45) is 0 Å². The fraction of sp³-hybridized carbons (Fsp3) is 0.0980. The van der Waals surface area contributed by atoms with E-state index in [1.807, 2.05) is 12.4 Å². The summed E-state index contributed by atoms with van der Waals surface area (Å²) in [6.45, 7) is 6.45. The minimum absolute atomic E-state index is 0.244. The second-order valence-electron chi connectivity index (χ2n) is 14.3. The number of halogens is 2. The van der Waals surface area contributed by atoms with Crippen LogP contribution in [0, 0.1) is 25.5 Å². The molecule has 0 saturated carbocycles. The lowest BCUT2D eigenvalue weighted by Gasteiger charge is -2.19. The number of aromatic nitrogens is 2. The van der Waals surface area contributed by atoms with Gasteiger partial charge in [-0.15, -0.1) is 0 Å². The summed E-state index contributed by atoms with van der Waals surface area (Å²) in [6, 6.07) is 52.0. The Balaban J connectivity index is 0.998. The lowest BCUT2D eigenvalue weighted by molar-refractivity contribution is 0.627. The predicted octanol–water partition coefficient (Wildman–Crippen LogP) is 13.7. The number of nitrogens with zero attached hydrogens (tertiary/aromatic N) is 2. The minimum Gasteiger partial charge on any atom is -0.256 e. The van der Waals surface area contributed by atoms with Gasteiger partial charge in [0, 0.05) is 34.6 Å². The maximum atomic E-state index is 13.5. The summed E-state index contributed by atoms with van der Waals surface area (Å²) in [4.78, 5) is 9.54. The van der Waals surface area contributed by atoms with Crippen LogP contribution in [0.3, 0.4) is 0 Å². The summed E-state index contributed by atoms with van der Waals surface area (Å²) in [7, 11) is 0. The number of hydrogen-bond acceptors (Lipinski definition) is 2. The Hall–Kier alpha value is -6.52. The molecule has 0 radical (unpaired) electrons. The molecule has 0 N–H and O–H groups in total. The largest absolute Gasteiger partial charge is 0.256 e. The summed E-state index contributed by atoms with van der Waals surface area (Å²) >= 11 is 0. The monoisotopic (exact) mass is 718 g/mol. The predicted molar refractivity (Wildman–Crippen MR) is 223 cm³/mol. The van der Waals surface area contributed by atoms with Crippen molar-refractivity contribution in [1.29, 1.82) is 0 Å². The average molecular weight is 719 g/mol. The van der Waals surface area contributed by atoms with Crippen LogP contribution in [-0.4, -0.2) is 9.97 Å². The summed E-state index contributed by atoms with van der Waals surface area (Å²) in [5.41, 5.74) is 17.4. The van der Waals surface area contributed by atoms with Gasteiger partial charge in [0.25, 0.3) is 0 Å². The Morgan fingerprint density at radius 3 is 1.31 bits per heavy atom. The van der Waals surface area contributed by atoms with E-state index in [1.165, 1.54) is 57.6 Å². The fourth-order valence-electron chi connectivity index (χ4n) is 7.54. The smallest absolute Gasteiger partial charge is 0.123 e. The molecule has 2 heterocycles. The number of pyridine rings is 2. The first-order valence-corrected chi connectivity index (χ1v) is 18.6. The van der Waals surface area contributed by atoms with Gasteiger partial charge >= 0.3 is 0 Å². The van der Waals surface area contributed by atoms with E-state index in [9.17, 15) is 8.78 Å². The van der Waals surface area contributed by atoms with E-state index in [-0.39, 0.29) is 17.6 Å². The first-order valence-electron chi connectivity index (χ1n) is 18.6. The Bertz CT molecular complexity index is 2590. The molecule has 268 valence electrons. The second-order valence-corrected chi connectivity index (χ2v) is 14.3. The Morgan fingerprint density at radius 2 is 0.818 bits per heavy atom. The van der Waals surface area contributed by atoms with Crippen molar-refractivity contribution >= 4 is 0 Å². The zero-order valence-electron chi connectivity index (χ0n) is 31.1. The molecule has 0 fully saturated rings. The molecule has 2 nitrogen and oxygen atoms in total. The highest BCUT2D eigenvalue weighted by molar-refractivity contribution is 5.76. The van der Waals surface area contributed by atoms with Crippen LogP contribution in [0.2, 0.25) is 0 Å². The van der Waals surface area contributed by atoms with Crippen molar-refractivity contribution in [1.82, 2.24) is 9.97 Å². The molecule has 1 unspecified atom stereocenters. The zero-order chi connectivity index (χ0) is 37.9. The van der Waals surface area contributed by atoms with Gasteiger partial charge in [-0.05, 0) is 118 Å². The van der Waals surface area contributed by atoms with Crippen molar-refractivity contribution in [2.45, 2.75) is 33.1 Å². The third kappa shape index (κ3) is 7.63. The van der Waals surface area contributed by atoms with Crippen molar-refractivity contribution in [2.75, 3.05) is 0 Å². The van der Waals surface area contributed by atoms with E-state index in [1.54, 1.807) is 24.3 Å². The number of benzene rings is 6. The average Bonchev–Trinajstić information content (AvgIpc) is 3.22. The highest BCUT2D eigenvalue weighted by atomic mass is 19.1. The minimum atomic E-state index is -0.244. The van der Waals surface area contributed by atoms with Gasteiger partial charge in [0.15, 0.2) is 0 Å². The molecule has 55 heavy (non-hydrogen) atoms. The van der Waals surface area contributed by atoms with Crippen LogP contribution >= 0.6 is 0 Å². The summed E-state index contributed by atoms with van der Waals surface area (Å²) in [6.07, 6.45) is 4.65. The molecule has 8 aromatic rings. The van der Waals surface area contributed by atoms with Gasteiger partial charge in [0.05, 0.1) is 11.4 Å². The maximum absolute atomic E-state index is 13.5. The number of hydrogen-bond donors (Lipinski definition) is 0. The molecule has 0 amide bonds. The van der Waals surface area contributed by atoms with Crippen LogP contribution in [0.25, 0.3) is 67.0 Å².